The second-order valence-corrected chi connectivity index (χ2v) is 6.01. The number of aromatic nitrogens is 1. The smallest absolute Gasteiger partial charge is 0.112 e. The highest BCUT2D eigenvalue weighted by Gasteiger charge is 2.21. The molecule has 0 bridgehead atoms. The molecule has 0 unspecified atom stereocenters. The summed E-state index contributed by atoms with van der Waals surface area (Å²) in [6.45, 7) is 5.86. The topological polar surface area (TPSA) is 50.9 Å². The summed E-state index contributed by atoms with van der Waals surface area (Å²) in [6.07, 6.45) is 2.84. The Morgan fingerprint density at radius 2 is 2.00 bits per heavy atom. The van der Waals surface area contributed by atoms with Gasteiger partial charge in [0.1, 0.15) is 5.01 Å². The molecule has 102 valence electrons. The van der Waals surface area contributed by atoms with Gasteiger partial charge < -0.3 is 11.1 Å². The average Bonchev–Trinajstić information content (AvgIpc) is 2.94. The van der Waals surface area contributed by atoms with Crippen LogP contribution in [0, 0.1) is 0 Å². The fraction of sp³-hybridized carbons (Fsp3) is 0.400. The molecule has 0 atom stereocenters. The Hall–Kier alpha value is -1.23. The zero-order valence-electron chi connectivity index (χ0n) is 11.5. The quantitative estimate of drug-likeness (QED) is 0.852. The number of benzene rings is 1. The molecule has 1 heterocycles. The van der Waals surface area contributed by atoms with Crippen molar-refractivity contribution in [1.29, 1.82) is 0 Å². The van der Waals surface area contributed by atoms with Crippen LogP contribution in [0.1, 0.15) is 30.0 Å². The van der Waals surface area contributed by atoms with E-state index >= 15 is 0 Å². The van der Waals surface area contributed by atoms with Gasteiger partial charge in [0.05, 0.1) is 5.54 Å². The van der Waals surface area contributed by atoms with Gasteiger partial charge in [-0.1, -0.05) is 24.3 Å². The van der Waals surface area contributed by atoms with Crippen LogP contribution in [0.3, 0.4) is 0 Å². The molecule has 19 heavy (non-hydrogen) atoms. The first-order valence-electron chi connectivity index (χ1n) is 6.55. The molecule has 0 aliphatic heterocycles. The number of thiazole rings is 1. The van der Waals surface area contributed by atoms with Crippen LogP contribution in [0.2, 0.25) is 0 Å². The van der Waals surface area contributed by atoms with Gasteiger partial charge in [-0.25, -0.2) is 4.98 Å². The van der Waals surface area contributed by atoms with Crippen LogP contribution in [-0.2, 0) is 18.5 Å². The maximum Gasteiger partial charge on any atom is 0.112 e. The monoisotopic (exact) mass is 275 g/mol. The van der Waals surface area contributed by atoms with Gasteiger partial charge >= 0.3 is 0 Å². The standard InChI is InChI=1S/C15H21N3S/c1-15(2,14-17-9-10-19-14)18-8-7-12-5-3-4-6-13(12)11-16/h3-6,9-10,18H,7-8,11,16H2,1-2H3. The maximum absolute atomic E-state index is 5.76. The zero-order chi connectivity index (χ0) is 13.7. The van der Waals surface area contributed by atoms with Crippen molar-refractivity contribution < 1.29 is 0 Å². The molecule has 2 rings (SSSR count). The summed E-state index contributed by atoms with van der Waals surface area (Å²) in [5.41, 5.74) is 8.24. The minimum atomic E-state index is -0.0776. The molecular weight excluding hydrogens is 254 g/mol. The van der Waals surface area contributed by atoms with Crippen molar-refractivity contribution in [3.05, 3.63) is 52.0 Å². The molecule has 0 fully saturated rings. The molecule has 0 saturated carbocycles. The largest absolute Gasteiger partial charge is 0.326 e. The fourth-order valence-corrected chi connectivity index (χ4v) is 2.86. The molecule has 3 nitrogen and oxygen atoms in total. The summed E-state index contributed by atoms with van der Waals surface area (Å²) in [5.74, 6) is 0. The van der Waals surface area contributed by atoms with Gasteiger partial charge in [0.15, 0.2) is 0 Å². The zero-order valence-corrected chi connectivity index (χ0v) is 12.3. The van der Waals surface area contributed by atoms with E-state index in [0.717, 1.165) is 18.0 Å². The summed E-state index contributed by atoms with van der Waals surface area (Å²) >= 11 is 1.69. The van der Waals surface area contributed by atoms with Crippen LogP contribution >= 0.6 is 11.3 Å². The third kappa shape index (κ3) is 3.62. The number of rotatable bonds is 6. The highest BCUT2D eigenvalue weighted by atomic mass is 32.1. The van der Waals surface area contributed by atoms with Crippen molar-refractivity contribution in [2.24, 2.45) is 5.73 Å². The van der Waals surface area contributed by atoms with E-state index in [2.05, 4.69) is 42.3 Å². The lowest BCUT2D eigenvalue weighted by molar-refractivity contribution is 0.404. The number of nitrogens with one attached hydrogen (secondary N) is 1. The van der Waals surface area contributed by atoms with Crippen LogP contribution < -0.4 is 11.1 Å². The normalized spacial score (nSPS) is 11.7. The third-order valence-electron chi connectivity index (χ3n) is 3.27. The van der Waals surface area contributed by atoms with Gasteiger partial charge in [0, 0.05) is 24.7 Å². The van der Waals surface area contributed by atoms with Gasteiger partial charge in [0.2, 0.25) is 0 Å². The van der Waals surface area contributed by atoms with Crippen LogP contribution in [0.25, 0.3) is 0 Å². The summed E-state index contributed by atoms with van der Waals surface area (Å²) in [4.78, 5) is 4.38. The molecular formula is C15H21N3S. The molecule has 0 aliphatic rings. The molecule has 2 aromatic rings. The first-order valence-corrected chi connectivity index (χ1v) is 7.43. The highest BCUT2D eigenvalue weighted by molar-refractivity contribution is 7.09. The van der Waals surface area contributed by atoms with Gasteiger partial charge in [-0.15, -0.1) is 11.3 Å². The Bertz CT molecular complexity index is 506. The molecule has 3 N–H and O–H groups in total. The highest BCUT2D eigenvalue weighted by Crippen LogP contribution is 2.21. The SMILES string of the molecule is CC(C)(NCCc1ccccc1CN)c1nccs1. The number of nitrogens with zero attached hydrogens (tertiary/aromatic N) is 1. The van der Waals surface area contributed by atoms with Crippen LogP contribution in [0.5, 0.6) is 0 Å². The minimum Gasteiger partial charge on any atom is -0.326 e. The van der Waals surface area contributed by atoms with E-state index in [4.69, 9.17) is 5.73 Å². The van der Waals surface area contributed by atoms with E-state index in [9.17, 15) is 0 Å². The van der Waals surface area contributed by atoms with Gasteiger partial charge in [-0.05, 0) is 31.4 Å². The van der Waals surface area contributed by atoms with Crippen LogP contribution in [-0.4, -0.2) is 11.5 Å². The van der Waals surface area contributed by atoms with E-state index < -0.39 is 0 Å². The number of hydrogen-bond donors (Lipinski definition) is 2. The molecule has 4 heteroatoms. The summed E-state index contributed by atoms with van der Waals surface area (Å²) in [7, 11) is 0. The molecule has 0 amide bonds. The second-order valence-electron chi connectivity index (χ2n) is 5.11. The van der Waals surface area contributed by atoms with Crippen molar-refractivity contribution in [3.8, 4) is 0 Å². The van der Waals surface area contributed by atoms with Gasteiger partial charge in [-0.3, -0.25) is 0 Å². The third-order valence-corrected chi connectivity index (χ3v) is 4.36. The van der Waals surface area contributed by atoms with Crippen molar-refractivity contribution in [3.63, 3.8) is 0 Å². The van der Waals surface area contributed by atoms with E-state index in [1.807, 2.05) is 17.6 Å². The molecule has 0 saturated heterocycles. The van der Waals surface area contributed by atoms with Crippen molar-refractivity contribution in [2.75, 3.05) is 6.54 Å². The summed E-state index contributed by atoms with van der Waals surface area (Å²) in [5, 5.41) is 6.71. The first kappa shape index (κ1) is 14.2. The molecule has 1 aromatic heterocycles. The predicted octanol–water partition coefficient (Wildman–Crippen LogP) is 2.67. The van der Waals surface area contributed by atoms with E-state index in [-0.39, 0.29) is 5.54 Å². The number of nitrogens with two attached hydrogens (primary N) is 1. The maximum atomic E-state index is 5.76. The van der Waals surface area contributed by atoms with Crippen LogP contribution in [0.15, 0.2) is 35.8 Å². The average molecular weight is 275 g/mol. The van der Waals surface area contributed by atoms with Crippen molar-refractivity contribution >= 4 is 11.3 Å². The first-order chi connectivity index (χ1) is 9.13. The molecule has 0 radical (unpaired) electrons. The van der Waals surface area contributed by atoms with E-state index in [1.165, 1.54) is 11.1 Å². The van der Waals surface area contributed by atoms with Crippen molar-refractivity contribution in [2.45, 2.75) is 32.4 Å². The van der Waals surface area contributed by atoms with Gasteiger partial charge in [0.25, 0.3) is 0 Å². The van der Waals surface area contributed by atoms with E-state index in [0.29, 0.717) is 6.54 Å². The lowest BCUT2D eigenvalue weighted by Gasteiger charge is -2.24. The Balaban J connectivity index is 1.93. The predicted molar refractivity (Wildman–Crippen MR) is 81.2 cm³/mol. The van der Waals surface area contributed by atoms with Gasteiger partial charge in [-0.2, -0.15) is 0 Å². The second kappa shape index (κ2) is 6.28. The Morgan fingerprint density at radius 3 is 2.63 bits per heavy atom. The molecule has 0 aliphatic carbocycles. The summed E-state index contributed by atoms with van der Waals surface area (Å²) in [6, 6.07) is 8.36. The lowest BCUT2D eigenvalue weighted by Crippen LogP contribution is -2.37. The fourth-order valence-electron chi connectivity index (χ4n) is 2.12. The minimum absolute atomic E-state index is 0.0776. The summed E-state index contributed by atoms with van der Waals surface area (Å²) < 4.78 is 0. The molecule has 1 aromatic carbocycles. The number of hydrogen-bond acceptors (Lipinski definition) is 4. The van der Waals surface area contributed by atoms with Crippen molar-refractivity contribution in [1.82, 2.24) is 10.3 Å². The van der Waals surface area contributed by atoms with E-state index in [1.54, 1.807) is 11.3 Å². The Labute approximate surface area is 118 Å². The lowest BCUT2D eigenvalue weighted by atomic mass is 10.0. The Kier molecular flexibility index (Phi) is 4.69. The van der Waals surface area contributed by atoms with Crippen LogP contribution in [0.4, 0.5) is 0 Å². The molecule has 0 spiro atoms. The Morgan fingerprint density at radius 1 is 1.26 bits per heavy atom.